The molecular formula is C19H20N4O3S2. The van der Waals surface area contributed by atoms with Crippen LogP contribution in [0.5, 0.6) is 0 Å². The summed E-state index contributed by atoms with van der Waals surface area (Å²) in [5.41, 5.74) is 5.96. The Balaban J connectivity index is 1.92. The molecule has 7 nitrogen and oxygen atoms in total. The standard InChI is InChI=1S/C19H20N4O3S2/c1-2-13-10-14-16(28-13)22-19(27-11-15(24)21-18(20)26)23(17(14)25)9-8-12-6-4-3-5-7-12/h3-7,10H,2,8-9,11H2,1H3,(H3,20,21,24,26). The van der Waals surface area contributed by atoms with E-state index in [4.69, 9.17) is 5.73 Å². The second-order valence-corrected chi connectivity index (χ2v) is 8.13. The number of hydrogen-bond acceptors (Lipinski definition) is 6. The van der Waals surface area contributed by atoms with E-state index in [2.05, 4.69) is 4.98 Å². The number of fused-ring (bicyclic) bond motifs is 1. The number of aryl methyl sites for hydroxylation is 2. The lowest BCUT2D eigenvalue weighted by atomic mass is 10.1. The highest BCUT2D eigenvalue weighted by Crippen LogP contribution is 2.25. The van der Waals surface area contributed by atoms with Crippen LogP contribution < -0.4 is 16.6 Å². The Bertz CT molecular complexity index is 1060. The third-order valence-corrected chi connectivity index (χ3v) is 6.23. The number of urea groups is 1. The summed E-state index contributed by atoms with van der Waals surface area (Å²) < 4.78 is 1.60. The molecule has 0 bridgehead atoms. The number of aromatic nitrogens is 2. The van der Waals surface area contributed by atoms with E-state index in [0.29, 0.717) is 28.3 Å². The van der Waals surface area contributed by atoms with Crippen molar-refractivity contribution in [2.45, 2.75) is 31.5 Å². The van der Waals surface area contributed by atoms with Crippen molar-refractivity contribution in [2.24, 2.45) is 5.73 Å². The van der Waals surface area contributed by atoms with Crippen LogP contribution in [0.2, 0.25) is 0 Å². The average molecular weight is 417 g/mol. The maximum Gasteiger partial charge on any atom is 0.318 e. The van der Waals surface area contributed by atoms with E-state index in [-0.39, 0.29) is 11.3 Å². The predicted octanol–water partition coefficient (Wildman–Crippen LogP) is 2.55. The first kappa shape index (κ1) is 20.1. The Kier molecular flexibility index (Phi) is 6.48. The molecule has 9 heteroatoms. The van der Waals surface area contributed by atoms with Crippen LogP contribution in [0, 0.1) is 0 Å². The predicted molar refractivity (Wildman–Crippen MR) is 112 cm³/mol. The SMILES string of the molecule is CCc1cc2c(=O)n(CCc3ccccc3)c(SCC(=O)NC(N)=O)nc2s1. The molecule has 1 aromatic carbocycles. The van der Waals surface area contributed by atoms with Gasteiger partial charge in [-0.25, -0.2) is 9.78 Å². The maximum atomic E-state index is 13.1. The van der Waals surface area contributed by atoms with Crippen LogP contribution in [-0.2, 0) is 24.2 Å². The highest BCUT2D eigenvalue weighted by Gasteiger charge is 2.16. The Morgan fingerprint density at radius 2 is 2.04 bits per heavy atom. The molecule has 0 fully saturated rings. The van der Waals surface area contributed by atoms with Gasteiger partial charge in [-0.3, -0.25) is 19.5 Å². The van der Waals surface area contributed by atoms with Gasteiger partial charge in [0, 0.05) is 11.4 Å². The molecule has 0 aliphatic carbocycles. The highest BCUT2D eigenvalue weighted by atomic mass is 32.2. The van der Waals surface area contributed by atoms with Gasteiger partial charge in [0.1, 0.15) is 4.83 Å². The smallest absolute Gasteiger partial charge is 0.318 e. The molecule has 0 unspecified atom stereocenters. The van der Waals surface area contributed by atoms with Crippen LogP contribution in [0.1, 0.15) is 17.4 Å². The largest absolute Gasteiger partial charge is 0.351 e. The van der Waals surface area contributed by atoms with Crippen molar-refractivity contribution in [1.82, 2.24) is 14.9 Å². The minimum atomic E-state index is -0.902. The molecule has 0 saturated heterocycles. The Morgan fingerprint density at radius 1 is 1.29 bits per heavy atom. The summed E-state index contributed by atoms with van der Waals surface area (Å²) in [6.45, 7) is 2.48. The number of carbonyl (C=O) groups is 2. The first-order valence-electron chi connectivity index (χ1n) is 8.77. The summed E-state index contributed by atoms with van der Waals surface area (Å²) in [5.74, 6) is -0.583. The summed E-state index contributed by atoms with van der Waals surface area (Å²) in [7, 11) is 0. The van der Waals surface area contributed by atoms with Gasteiger partial charge in [-0.2, -0.15) is 0 Å². The molecule has 0 spiro atoms. The number of nitrogens with one attached hydrogen (secondary N) is 1. The molecule has 0 saturated carbocycles. The van der Waals surface area contributed by atoms with Crippen LogP contribution in [0.4, 0.5) is 4.79 Å². The van der Waals surface area contributed by atoms with Crippen molar-refractivity contribution in [3.8, 4) is 0 Å². The zero-order valence-electron chi connectivity index (χ0n) is 15.3. The second kappa shape index (κ2) is 9.03. The molecule has 3 rings (SSSR count). The lowest BCUT2D eigenvalue weighted by Crippen LogP contribution is -2.36. The van der Waals surface area contributed by atoms with E-state index >= 15 is 0 Å². The molecule has 3 aromatic rings. The zero-order chi connectivity index (χ0) is 20.1. The lowest BCUT2D eigenvalue weighted by Gasteiger charge is -2.12. The van der Waals surface area contributed by atoms with Gasteiger partial charge in [-0.15, -0.1) is 11.3 Å². The number of carbonyl (C=O) groups excluding carboxylic acids is 2. The van der Waals surface area contributed by atoms with Crippen LogP contribution in [-0.4, -0.2) is 27.2 Å². The summed E-state index contributed by atoms with van der Waals surface area (Å²) in [4.78, 5) is 42.0. The minimum Gasteiger partial charge on any atom is -0.351 e. The van der Waals surface area contributed by atoms with Gasteiger partial charge in [0.15, 0.2) is 5.16 Å². The molecule has 146 valence electrons. The Morgan fingerprint density at radius 3 is 2.71 bits per heavy atom. The number of imide groups is 1. The summed E-state index contributed by atoms with van der Waals surface area (Å²) in [6.07, 6.45) is 1.49. The topological polar surface area (TPSA) is 107 Å². The van der Waals surface area contributed by atoms with Crippen LogP contribution >= 0.6 is 23.1 Å². The molecule has 2 heterocycles. The van der Waals surface area contributed by atoms with E-state index in [1.165, 1.54) is 11.3 Å². The van der Waals surface area contributed by atoms with Gasteiger partial charge in [-0.1, -0.05) is 49.0 Å². The first-order valence-corrected chi connectivity index (χ1v) is 10.6. The first-order chi connectivity index (χ1) is 13.5. The quantitative estimate of drug-likeness (QED) is 0.455. The third kappa shape index (κ3) is 4.79. The van der Waals surface area contributed by atoms with Gasteiger partial charge in [-0.05, 0) is 24.5 Å². The van der Waals surface area contributed by atoms with Crippen LogP contribution in [0.3, 0.4) is 0 Å². The van der Waals surface area contributed by atoms with Crippen molar-refractivity contribution in [2.75, 3.05) is 5.75 Å². The number of hydrogen-bond donors (Lipinski definition) is 2. The molecule has 0 atom stereocenters. The van der Waals surface area contributed by atoms with Crippen molar-refractivity contribution < 1.29 is 9.59 Å². The number of nitrogens with two attached hydrogens (primary N) is 1. The normalized spacial score (nSPS) is 10.9. The van der Waals surface area contributed by atoms with Crippen molar-refractivity contribution >= 4 is 45.3 Å². The number of rotatable bonds is 7. The van der Waals surface area contributed by atoms with E-state index < -0.39 is 11.9 Å². The number of amides is 3. The van der Waals surface area contributed by atoms with Crippen molar-refractivity contribution in [3.05, 3.63) is 57.2 Å². The number of thioether (sulfide) groups is 1. The number of benzene rings is 1. The van der Waals surface area contributed by atoms with E-state index in [1.54, 1.807) is 4.57 Å². The zero-order valence-corrected chi connectivity index (χ0v) is 16.9. The molecular weight excluding hydrogens is 396 g/mol. The fourth-order valence-corrected chi connectivity index (χ4v) is 4.55. The van der Waals surface area contributed by atoms with Crippen LogP contribution in [0.15, 0.2) is 46.3 Å². The molecule has 28 heavy (non-hydrogen) atoms. The maximum absolute atomic E-state index is 13.1. The molecule has 0 aliphatic rings. The summed E-state index contributed by atoms with van der Waals surface area (Å²) in [6, 6.07) is 10.8. The van der Waals surface area contributed by atoms with Crippen molar-refractivity contribution in [3.63, 3.8) is 0 Å². The third-order valence-electron chi connectivity index (χ3n) is 4.08. The molecule has 0 aliphatic heterocycles. The molecule has 3 N–H and O–H groups in total. The van der Waals surface area contributed by atoms with Gasteiger partial charge in [0.25, 0.3) is 5.56 Å². The molecule has 2 aromatic heterocycles. The fraction of sp³-hybridized carbons (Fsp3) is 0.263. The van der Waals surface area contributed by atoms with Gasteiger partial charge < -0.3 is 5.73 Å². The van der Waals surface area contributed by atoms with E-state index in [1.807, 2.05) is 48.6 Å². The molecule has 0 radical (unpaired) electrons. The Hall–Kier alpha value is -2.65. The Labute approximate surface area is 170 Å². The van der Waals surface area contributed by atoms with Crippen LogP contribution in [0.25, 0.3) is 10.2 Å². The minimum absolute atomic E-state index is 0.0573. The summed E-state index contributed by atoms with van der Waals surface area (Å²) >= 11 is 2.60. The molecule has 3 amide bonds. The number of primary amides is 1. The fourth-order valence-electron chi connectivity index (χ4n) is 2.72. The summed E-state index contributed by atoms with van der Waals surface area (Å²) in [5, 5.41) is 3.08. The number of nitrogens with zero attached hydrogens (tertiary/aromatic N) is 2. The monoisotopic (exact) mass is 416 g/mol. The average Bonchev–Trinajstić information content (AvgIpc) is 3.09. The van der Waals surface area contributed by atoms with Crippen molar-refractivity contribution in [1.29, 1.82) is 0 Å². The van der Waals surface area contributed by atoms with E-state index in [0.717, 1.165) is 28.6 Å². The number of thiophene rings is 1. The van der Waals surface area contributed by atoms with Gasteiger partial charge in [0.05, 0.1) is 11.1 Å². The highest BCUT2D eigenvalue weighted by molar-refractivity contribution is 7.99. The second-order valence-electron chi connectivity index (χ2n) is 6.07. The van der Waals surface area contributed by atoms with E-state index in [9.17, 15) is 14.4 Å². The van der Waals surface area contributed by atoms with Gasteiger partial charge >= 0.3 is 6.03 Å². The lowest BCUT2D eigenvalue weighted by molar-refractivity contribution is -0.117. The van der Waals surface area contributed by atoms with Gasteiger partial charge in [0.2, 0.25) is 5.91 Å².